The van der Waals surface area contributed by atoms with Crippen LogP contribution in [0.15, 0.2) is 47.5 Å². The molecule has 0 aliphatic carbocycles. The minimum atomic E-state index is -2.94. The molecule has 11 heteroatoms. The molecule has 6 N–H and O–H groups in total. The Morgan fingerprint density at radius 3 is 2.40 bits per heavy atom. The van der Waals surface area contributed by atoms with Crippen LogP contribution >= 0.6 is 0 Å². The van der Waals surface area contributed by atoms with Gasteiger partial charge < -0.3 is 10.2 Å². The van der Waals surface area contributed by atoms with Gasteiger partial charge >= 0.3 is 33.5 Å². The number of non-ortho nitro benzene ring substituents is 1. The van der Waals surface area contributed by atoms with Crippen molar-refractivity contribution in [2.45, 2.75) is 0 Å². The maximum atomic E-state index is 11.0. The van der Waals surface area contributed by atoms with Gasteiger partial charge in [0.1, 0.15) is 5.75 Å². The minimum absolute atomic E-state index is 0.00123. The predicted octanol–water partition coefficient (Wildman–Crippen LogP) is 0.978. The van der Waals surface area contributed by atoms with Crippen LogP contribution in [-0.4, -0.2) is 35.4 Å². The number of hydrogen-bond acceptors (Lipinski definition) is 6. The summed E-state index contributed by atoms with van der Waals surface area (Å²) in [5.41, 5.74) is 0.125. The molecule has 0 atom stereocenters. The number of rotatable bonds is 4. The normalized spacial score (nSPS) is 10.0. The molecule has 0 aromatic heterocycles. The second-order valence-electron chi connectivity index (χ2n) is 4.38. The third kappa shape index (κ3) is 6.61. The molecule has 0 heterocycles. The number of benzene rings is 2. The van der Waals surface area contributed by atoms with Gasteiger partial charge in [0.05, 0.1) is 16.2 Å². The van der Waals surface area contributed by atoms with E-state index in [1.54, 1.807) is 12.1 Å². The second-order valence-corrected chi connectivity index (χ2v) is 5.29. The molecule has 0 amide bonds. The van der Waals surface area contributed by atoms with Crippen LogP contribution in [0, 0.1) is 10.1 Å². The number of aliphatic imine (C=N–C) groups is 1. The van der Waals surface area contributed by atoms with Crippen LogP contribution in [0.1, 0.15) is 15.9 Å². The van der Waals surface area contributed by atoms with Crippen molar-refractivity contribution in [3.8, 4) is 5.75 Å². The molecule has 25 heavy (non-hydrogen) atoms. The fourth-order valence-corrected chi connectivity index (χ4v) is 1.67. The number of carboxylic acids is 1. The van der Waals surface area contributed by atoms with Crippen LogP contribution in [0.3, 0.4) is 0 Å². The van der Waals surface area contributed by atoms with Gasteiger partial charge in [-0.15, -0.1) is 0 Å². The summed E-state index contributed by atoms with van der Waals surface area (Å²) in [6, 6.07) is 9.57. The summed E-state index contributed by atoms with van der Waals surface area (Å²) in [5.74, 6) is -1.32. The Morgan fingerprint density at radius 1 is 1.24 bits per heavy atom. The zero-order valence-corrected chi connectivity index (χ0v) is 13.9. The van der Waals surface area contributed by atoms with Gasteiger partial charge in [-0.05, 0) is 18.2 Å². The molecule has 0 radical (unpaired) electrons. The Kier molecular flexibility index (Phi) is 7.57. The van der Waals surface area contributed by atoms with Gasteiger partial charge in [0.15, 0.2) is 0 Å². The van der Waals surface area contributed by atoms with Crippen LogP contribution in [-0.2, 0) is 19.5 Å². The van der Waals surface area contributed by atoms with E-state index in [1.165, 1.54) is 24.4 Å². The Bertz CT molecular complexity index is 833. The Balaban J connectivity index is 0.000000705. The van der Waals surface area contributed by atoms with Crippen molar-refractivity contribution in [2.24, 2.45) is 4.99 Å². The second kappa shape index (κ2) is 9.40. The van der Waals surface area contributed by atoms with Crippen molar-refractivity contribution in [1.29, 1.82) is 0 Å². The van der Waals surface area contributed by atoms with Crippen LogP contribution < -0.4 is 0 Å². The first-order chi connectivity index (χ1) is 11.7. The Labute approximate surface area is 146 Å². The number of para-hydroxylation sites is 1. The number of carboxylic acid groups (broad SMARTS) is 1. The molecule has 0 bridgehead atoms. The summed E-state index contributed by atoms with van der Waals surface area (Å²) >= 11 is -2.94. The van der Waals surface area contributed by atoms with E-state index < -0.39 is 26.7 Å². The number of aromatic hydroxyl groups is 1. The van der Waals surface area contributed by atoms with E-state index in [-0.39, 0.29) is 28.3 Å². The standard InChI is InChI=1S/C14H10N2O5.2H2O.O.V/c17-13-6-5-10(16(20)21)7-9(13)8-15-12-4-2-1-3-11(12)14(18)19;;;;/h1-8,17H,(H,18,19);2*1H2;;/q;;;;+2. The van der Waals surface area contributed by atoms with Crippen molar-refractivity contribution in [2.75, 3.05) is 0 Å². The fourth-order valence-electron chi connectivity index (χ4n) is 1.67. The first kappa shape index (κ1) is 20.1. The van der Waals surface area contributed by atoms with Gasteiger partial charge in [-0.1, -0.05) is 12.1 Å². The molecule has 0 saturated heterocycles. The maximum absolute atomic E-state index is 11.0. The molecule has 0 aliphatic heterocycles. The van der Waals surface area contributed by atoms with Crippen LogP contribution in [0.25, 0.3) is 0 Å². The monoisotopic (exact) mass is 389 g/mol. The molecule has 0 fully saturated rings. The molecule has 2 aromatic carbocycles. The van der Waals surface area contributed by atoms with E-state index in [0.717, 1.165) is 12.1 Å². The van der Waals surface area contributed by atoms with Crippen LogP contribution in [0.5, 0.6) is 5.75 Å². The summed E-state index contributed by atoms with van der Waals surface area (Å²) in [5, 5.41) is 29.3. The summed E-state index contributed by atoms with van der Waals surface area (Å²) < 4.78 is 20.7. The average Bonchev–Trinajstić information content (AvgIpc) is 2.53. The van der Waals surface area contributed by atoms with Gasteiger partial charge in [-0.3, -0.25) is 15.1 Å². The molecule has 0 saturated carbocycles. The molecule has 0 aliphatic rings. The van der Waals surface area contributed by atoms with Crippen molar-refractivity contribution in [3.05, 3.63) is 63.7 Å². The van der Waals surface area contributed by atoms with Gasteiger partial charge in [0.2, 0.25) is 0 Å². The zero-order chi connectivity index (χ0) is 19.0. The molecule has 0 unspecified atom stereocenters. The number of nitro groups is 1. The zero-order valence-electron chi connectivity index (χ0n) is 12.5. The first-order valence-corrected chi connectivity index (χ1v) is 8.42. The molecule has 10 nitrogen and oxygen atoms in total. The van der Waals surface area contributed by atoms with E-state index in [0.29, 0.717) is 0 Å². The number of phenols is 1. The molecule has 131 valence electrons. The van der Waals surface area contributed by atoms with E-state index >= 15 is 0 Å². The van der Waals surface area contributed by atoms with E-state index in [2.05, 4.69) is 4.99 Å². The molecule has 2 rings (SSSR count). The van der Waals surface area contributed by atoms with Crippen molar-refractivity contribution in [1.82, 2.24) is 0 Å². The van der Waals surface area contributed by atoms with Gasteiger partial charge in [-0.25, -0.2) is 4.79 Å². The molecule has 2 aromatic rings. The summed E-state index contributed by atoms with van der Waals surface area (Å²) in [7, 11) is 0. The van der Waals surface area contributed by atoms with Crippen LogP contribution in [0.2, 0.25) is 0 Å². The van der Waals surface area contributed by atoms with E-state index in [4.69, 9.17) is 16.8 Å². The summed E-state index contributed by atoms with van der Waals surface area (Å²) in [6.45, 7) is 0. The van der Waals surface area contributed by atoms with E-state index in [9.17, 15) is 20.0 Å². The van der Waals surface area contributed by atoms with Crippen molar-refractivity contribution in [3.63, 3.8) is 0 Å². The molecule has 0 spiro atoms. The third-order valence-corrected chi connectivity index (χ3v) is 2.70. The van der Waals surface area contributed by atoms with Crippen LogP contribution in [0.4, 0.5) is 11.4 Å². The van der Waals surface area contributed by atoms with Gasteiger partial charge in [0.25, 0.3) is 5.69 Å². The Morgan fingerprint density at radius 2 is 1.84 bits per heavy atom. The Hall–Kier alpha value is -2.92. The van der Waals surface area contributed by atoms with Crippen molar-refractivity contribution < 1.29 is 47.5 Å². The van der Waals surface area contributed by atoms with Gasteiger partial charge in [-0.2, -0.15) is 0 Å². The summed E-state index contributed by atoms with van der Waals surface area (Å²) in [4.78, 5) is 25.1. The first-order valence-electron chi connectivity index (χ1n) is 6.46. The predicted molar refractivity (Wildman–Crippen MR) is 83.3 cm³/mol. The quantitative estimate of drug-likeness (QED) is 0.341. The number of nitro benzene ring substituents is 1. The SMILES string of the molecule is O=C(O)c1ccccc1N=Cc1cc([N+](=O)[O-])ccc1O.[O]=[V]([OH2+])[OH2+]. The number of aromatic carboxylic acids is 1. The number of hydrogen-bond donors (Lipinski definition) is 2. The number of phenolic OH excluding ortho intramolecular Hbond substituents is 1. The number of nitrogens with zero attached hydrogens (tertiary/aromatic N) is 2. The summed E-state index contributed by atoms with van der Waals surface area (Å²) in [6.07, 6.45) is 1.18. The molecular weight excluding hydrogens is 375 g/mol. The number of carbonyl (C=O) groups is 1. The van der Waals surface area contributed by atoms with E-state index in [1.807, 2.05) is 0 Å². The van der Waals surface area contributed by atoms with Crippen molar-refractivity contribution >= 4 is 23.6 Å². The average molecular weight is 389 g/mol. The van der Waals surface area contributed by atoms with Gasteiger partial charge in [0, 0.05) is 23.9 Å². The third-order valence-electron chi connectivity index (χ3n) is 2.70. The molecular formula is C14H14N2O8V+2. The topological polar surface area (TPSA) is 176 Å². The fraction of sp³-hybridized carbons (Fsp3) is 0.